The molecule has 17 heavy (non-hydrogen) atoms. The molecule has 0 saturated carbocycles. The molecule has 0 fully saturated rings. The van der Waals surface area contributed by atoms with Crippen LogP contribution in [0.1, 0.15) is 31.4 Å². The van der Waals surface area contributed by atoms with E-state index < -0.39 is 0 Å². The van der Waals surface area contributed by atoms with E-state index >= 15 is 0 Å². The number of hydrogen-bond acceptors (Lipinski definition) is 3. The first-order valence-corrected chi connectivity index (χ1v) is 5.82. The molecular weight excluding hydrogens is 238 g/mol. The first-order valence-electron chi connectivity index (χ1n) is 5.44. The number of ether oxygens (including phenoxy) is 1. The zero-order chi connectivity index (χ0) is 12.8. The average molecular weight is 252 g/mol. The van der Waals surface area contributed by atoms with Gasteiger partial charge in [0.15, 0.2) is 0 Å². The predicted molar refractivity (Wildman–Crippen MR) is 65.7 cm³/mol. The molecule has 0 radical (unpaired) electrons. The fourth-order valence-corrected chi connectivity index (χ4v) is 1.44. The Morgan fingerprint density at radius 2 is 2.29 bits per heavy atom. The third-order valence-electron chi connectivity index (χ3n) is 2.41. The molecule has 0 aromatic heterocycles. The van der Waals surface area contributed by atoms with Gasteiger partial charge in [0.1, 0.15) is 6.07 Å². The molecule has 0 aliphatic rings. The number of esters is 1. The first kappa shape index (κ1) is 13.5. The third kappa shape index (κ3) is 4.08. The lowest BCUT2D eigenvalue weighted by Gasteiger charge is -2.10. The van der Waals surface area contributed by atoms with Crippen molar-refractivity contribution in [2.45, 2.75) is 32.8 Å². The van der Waals surface area contributed by atoms with Crippen molar-refractivity contribution >= 4 is 17.6 Å². The van der Waals surface area contributed by atoms with Crippen molar-refractivity contribution in [2.75, 3.05) is 0 Å². The Morgan fingerprint density at radius 3 is 2.88 bits per heavy atom. The largest absolute Gasteiger partial charge is 0.462 e. The van der Waals surface area contributed by atoms with Crippen LogP contribution >= 0.6 is 11.6 Å². The lowest BCUT2D eigenvalue weighted by atomic mass is 10.1. The minimum atomic E-state index is -0.287. The molecule has 90 valence electrons. The molecule has 1 rings (SSSR count). The number of benzene rings is 1. The highest BCUT2D eigenvalue weighted by molar-refractivity contribution is 6.31. The predicted octanol–water partition coefficient (Wildman–Crippen LogP) is 3.10. The van der Waals surface area contributed by atoms with Crippen LogP contribution in [0.25, 0.3) is 0 Å². The third-order valence-corrected chi connectivity index (χ3v) is 2.74. The van der Waals surface area contributed by atoms with E-state index in [2.05, 4.69) is 0 Å². The van der Waals surface area contributed by atoms with Crippen LogP contribution in [0.5, 0.6) is 0 Å². The Morgan fingerprint density at radius 1 is 1.59 bits per heavy atom. The van der Waals surface area contributed by atoms with Gasteiger partial charge >= 0.3 is 5.97 Å². The van der Waals surface area contributed by atoms with Gasteiger partial charge in [0.05, 0.1) is 23.1 Å². The second kappa shape index (κ2) is 6.27. The maximum Gasteiger partial charge on any atom is 0.310 e. The molecule has 0 saturated heterocycles. The summed E-state index contributed by atoms with van der Waals surface area (Å²) in [6.07, 6.45) is 0.872. The normalized spacial score (nSPS) is 11.6. The zero-order valence-corrected chi connectivity index (χ0v) is 10.6. The van der Waals surface area contributed by atoms with Gasteiger partial charge in [-0.15, -0.1) is 0 Å². The van der Waals surface area contributed by atoms with Crippen LogP contribution in [0.3, 0.4) is 0 Å². The molecule has 0 aliphatic carbocycles. The van der Waals surface area contributed by atoms with E-state index in [1.54, 1.807) is 18.2 Å². The molecule has 1 aromatic carbocycles. The molecule has 1 aromatic rings. The topological polar surface area (TPSA) is 50.1 Å². The van der Waals surface area contributed by atoms with Crippen LogP contribution < -0.4 is 0 Å². The Kier molecular flexibility index (Phi) is 4.99. The van der Waals surface area contributed by atoms with Gasteiger partial charge in [-0.2, -0.15) is 5.26 Å². The standard InChI is InChI=1S/C13H14ClNO2/c1-3-9(2)17-13(16)7-10-4-5-12(14)11(6-10)8-15/h4-6,9H,3,7H2,1-2H3. The van der Waals surface area contributed by atoms with Gasteiger partial charge in [-0.05, 0) is 31.0 Å². The minimum absolute atomic E-state index is 0.0785. The van der Waals surface area contributed by atoms with E-state index in [0.717, 1.165) is 12.0 Å². The number of nitrogens with zero attached hydrogens (tertiary/aromatic N) is 1. The fraction of sp³-hybridized carbons (Fsp3) is 0.385. The lowest BCUT2D eigenvalue weighted by Crippen LogP contribution is -2.15. The van der Waals surface area contributed by atoms with Crippen LogP contribution in [0.15, 0.2) is 18.2 Å². The van der Waals surface area contributed by atoms with Crippen molar-refractivity contribution < 1.29 is 9.53 Å². The molecule has 0 aliphatic heterocycles. The van der Waals surface area contributed by atoms with Gasteiger partial charge in [-0.25, -0.2) is 0 Å². The fourth-order valence-electron chi connectivity index (χ4n) is 1.28. The highest BCUT2D eigenvalue weighted by atomic mass is 35.5. The molecule has 0 heterocycles. The van der Waals surface area contributed by atoms with E-state index in [1.807, 2.05) is 19.9 Å². The van der Waals surface area contributed by atoms with Crippen LogP contribution in [0.4, 0.5) is 0 Å². The van der Waals surface area contributed by atoms with Crippen molar-refractivity contribution in [3.8, 4) is 6.07 Å². The summed E-state index contributed by atoms with van der Waals surface area (Å²) in [7, 11) is 0. The highest BCUT2D eigenvalue weighted by Gasteiger charge is 2.10. The maximum absolute atomic E-state index is 11.5. The van der Waals surface area contributed by atoms with Crippen molar-refractivity contribution in [2.24, 2.45) is 0 Å². The SMILES string of the molecule is CCC(C)OC(=O)Cc1ccc(Cl)c(C#N)c1. The number of carbonyl (C=O) groups is 1. The van der Waals surface area contributed by atoms with E-state index in [4.69, 9.17) is 21.6 Å². The second-order valence-corrected chi connectivity index (χ2v) is 4.22. The summed E-state index contributed by atoms with van der Waals surface area (Å²) in [4.78, 5) is 11.5. The van der Waals surface area contributed by atoms with Crippen LogP contribution in [-0.4, -0.2) is 12.1 Å². The summed E-state index contributed by atoms with van der Waals surface area (Å²) in [5.41, 5.74) is 1.11. The Bertz CT molecular complexity index is 451. The van der Waals surface area contributed by atoms with E-state index in [-0.39, 0.29) is 18.5 Å². The molecule has 0 amide bonds. The van der Waals surface area contributed by atoms with Crippen LogP contribution in [0, 0.1) is 11.3 Å². The number of hydrogen-bond donors (Lipinski definition) is 0. The Balaban J connectivity index is 2.69. The van der Waals surface area contributed by atoms with E-state index in [0.29, 0.717) is 10.6 Å². The number of carbonyl (C=O) groups excluding carboxylic acids is 1. The van der Waals surface area contributed by atoms with Crippen LogP contribution in [0.2, 0.25) is 5.02 Å². The number of halogens is 1. The molecule has 4 heteroatoms. The molecule has 3 nitrogen and oxygen atoms in total. The van der Waals surface area contributed by atoms with Gasteiger partial charge in [0.2, 0.25) is 0 Å². The van der Waals surface area contributed by atoms with Crippen molar-refractivity contribution in [3.63, 3.8) is 0 Å². The lowest BCUT2D eigenvalue weighted by molar-refractivity contribution is -0.147. The first-order chi connectivity index (χ1) is 8.06. The molecule has 0 spiro atoms. The van der Waals surface area contributed by atoms with Gasteiger partial charge in [0, 0.05) is 0 Å². The van der Waals surface area contributed by atoms with E-state index in [1.165, 1.54) is 0 Å². The summed E-state index contributed by atoms with van der Waals surface area (Å²) < 4.78 is 5.15. The van der Waals surface area contributed by atoms with Gasteiger partial charge < -0.3 is 4.74 Å². The van der Waals surface area contributed by atoms with Gasteiger partial charge in [0.25, 0.3) is 0 Å². The second-order valence-electron chi connectivity index (χ2n) is 3.81. The number of rotatable bonds is 4. The van der Waals surface area contributed by atoms with Crippen molar-refractivity contribution in [1.82, 2.24) is 0 Å². The minimum Gasteiger partial charge on any atom is -0.462 e. The molecule has 0 N–H and O–H groups in total. The summed E-state index contributed by atoms with van der Waals surface area (Å²) in [6, 6.07) is 6.93. The number of nitriles is 1. The van der Waals surface area contributed by atoms with Gasteiger partial charge in [-0.3, -0.25) is 4.79 Å². The monoisotopic (exact) mass is 251 g/mol. The smallest absolute Gasteiger partial charge is 0.310 e. The summed E-state index contributed by atoms with van der Waals surface area (Å²) in [5, 5.41) is 9.20. The molecule has 1 atom stereocenters. The van der Waals surface area contributed by atoms with Crippen molar-refractivity contribution in [1.29, 1.82) is 5.26 Å². The Labute approximate surface area is 106 Å². The summed E-state index contributed by atoms with van der Waals surface area (Å²) >= 11 is 5.80. The Hall–Kier alpha value is -1.53. The highest BCUT2D eigenvalue weighted by Crippen LogP contribution is 2.17. The average Bonchev–Trinajstić information content (AvgIpc) is 2.31. The maximum atomic E-state index is 11.5. The van der Waals surface area contributed by atoms with E-state index in [9.17, 15) is 4.79 Å². The van der Waals surface area contributed by atoms with Crippen LogP contribution in [-0.2, 0) is 16.0 Å². The molecule has 0 bridgehead atoms. The van der Waals surface area contributed by atoms with Gasteiger partial charge in [-0.1, -0.05) is 24.6 Å². The molecule has 1 unspecified atom stereocenters. The quantitative estimate of drug-likeness (QED) is 0.773. The van der Waals surface area contributed by atoms with Crippen molar-refractivity contribution in [3.05, 3.63) is 34.3 Å². The zero-order valence-electron chi connectivity index (χ0n) is 9.87. The summed E-state index contributed by atoms with van der Waals surface area (Å²) in [6.45, 7) is 3.80. The molecular formula is C13H14ClNO2. The summed E-state index contributed by atoms with van der Waals surface area (Å²) in [5.74, 6) is -0.287.